The number of aliphatic hydroxyl groups excluding tert-OH is 2. The van der Waals surface area contributed by atoms with Crippen LogP contribution in [0, 0.1) is 0 Å². The Morgan fingerprint density at radius 1 is 0.431 bits per heavy atom. The average Bonchev–Trinajstić information content (AvgIpc) is 3.23. The number of aliphatic hydroxyl groups is 2. The number of carbonyl (C=O) groups is 1. The van der Waals surface area contributed by atoms with Crippen LogP contribution >= 0.6 is 0 Å². The molecule has 0 bridgehead atoms. The molecule has 0 aromatic carbocycles. The minimum atomic E-state index is -0.662. The van der Waals surface area contributed by atoms with Crippen LogP contribution in [0.25, 0.3) is 0 Å². The summed E-state index contributed by atoms with van der Waals surface area (Å²) >= 11 is 0. The maximum absolute atomic E-state index is 12.4. The SMILES string of the molecule is CC/C=C\C/C=C\C/C=C\C/C=C\C/C=C\C/C=C\C/C=C\C/C=C\CCCCCCCCCCCCCCC(=O)NC(CO)C(O)CCCCCCCCCCC. The molecule has 0 saturated carbocycles. The topological polar surface area (TPSA) is 69.6 Å². The van der Waals surface area contributed by atoms with Crippen molar-refractivity contribution in [1.82, 2.24) is 5.32 Å². The van der Waals surface area contributed by atoms with E-state index in [1.54, 1.807) is 0 Å². The molecule has 58 heavy (non-hydrogen) atoms. The van der Waals surface area contributed by atoms with Gasteiger partial charge in [0.1, 0.15) is 0 Å². The predicted octanol–water partition coefficient (Wildman–Crippen LogP) is 15.8. The third-order valence-electron chi connectivity index (χ3n) is 10.6. The Balaban J connectivity index is 3.53. The number of unbranched alkanes of at least 4 members (excludes halogenated alkanes) is 20. The molecule has 2 unspecified atom stereocenters. The summed E-state index contributed by atoms with van der Waals surface area (Å²) in [6, 6.07) is -0.540. The fourth-order valence-corrected chi connectivity index (χ4v) is 6.90. The van der Waals surface area contributed by atoms with Gasteiger partial charge in [0, 0.05) is 6.42 Å². The monoisotopic (exact) mass is 804 g/mol. The van der Waals surface area contributed by atoms with Crippen molar-refractivity contribution >= 4 is 5.91 Å². The second-order valence-electron chi connectivity index (χ2n) is 16.2. The average molecular weight is 804 g/mol. The van der Waals surface area contributed by atoms with Gasteiger partial charge in [-0.3, -0.25) is 4.79 Å². The second kappa shape index (κ2) is 48.7. The molecule has 0 aromatic rings. The van der Waals surface area contributed by atoms with Crippen molar-refractivity contribution in [3.63, 3.8) is 0 Å². The molecule has 2 atom stereocenters. The summed E-state index contributed by atoms with van der Waals surface area (Å²) in [4.78, 5) is 12.4. The molecule has 0 heterocycles. The van der Waals surface area contributed by atoms with Crippen LogP contribution in [0.3, 0.4) is 0 Å². The highest BCUT2D eigenvalue weighted by Crippen LogP contribution is 2.15. The molecule has 0 fully saturated rings. The molecule has 0 radical (unpaired) electrons. The zero-order valence-electron chi connectivity index (χ0n) is 38.0. The van der Waals surface area contributed by atoms with Crippen molar-refractivity contribution < 1.29 is 15.0 Å². The van der Waals surface area contributed by atoms with E-state index in [2.05, 4.69) is 116 Å². The third kappa shape index (κ3) is 44.4. The van der Waals surface area contributed by atoms with Crippen molar-refractivity contribution in [1.29, 1.82) is 0 Å². The first-order valence-electron chi connectivity index (χ1n) is 24.4. The van der Waals surface area contributed by atoms with Gasteiger partial charge in [-0.05, 0) is 77.0 Å². The van der Waals surface area contributed by atoms with E-state index in [9.17, 15) is 15.0 Å². The van der Waals surface area contributed by atoms with Crippen LogP contribution in [0.2, 0.25) is 0 Å². The number of amides is 1. The molecule has 0 rings (SSSR count). The third-order valence-corrected chi connectivity index (χ3v) is 10.6. The van der Waals surface area contributed by atoms with Crippen molar-refractivity contribution in [3.8, 4) is 0 Å². The van der Waals surface area contributed by atoms with E-state index in [4.69, 9.17) is 0 Å². The lowest BCUT2D eigenvalue weighted by atomic mass is 10.0. The molecule has 1 amide bonds. The van der Waals surface area contributed by atoms with Crippen LogP contribution in [-0.2, 0) is 4.79 Å². The lowest BCUT2D eigenvalue weighted by molar-refractivity contribution is -0.123. The van der Waals surface area contributed by atoms with E-state index in [1.807, 2.05) is 0 Å². The zero-order valence-corrected chi connectivity index (χ0v) is 38.0. The Labute approximate surface area is 360 Å². The molecule has 4 nitrogen and oxygen atoms in total. The number of carbonyl (C=O) groups excluding carboxylic acids is 1. The van der Waals surface area contributed by atoms with Crippen molar-refractivity contribution in [3.05, 3.63) is 97.2 Å². The highest BCUT2D eigenvalue weighted by atomic mass is 16.3. The van der Waals surface area contributed by atoms with Gasteiger partial charge in [-0.15, -0.1) is 0 Å². The molecule has 0 aliphatic rings. The van der Waals surface area contributed by atoms with Gasteiger partial charge in [-0.2, -0.15) is 0 Å². The maximum Gasteiger partial charge on any atom is 0.220 e. The molecule has 0 aromatic heterocycles. The number of allylic oxidation sites excluding steroid dienone is 16. The van der Waals surface area contributed by atoms with Gasteiger partial charge in [-0.1, -0.05) is 233 Å². The first-order chi connectivity index (χ1) is 28.7. The van der Waals surface area contributed by atoms with E-state index < -0.39 is 12.1 Å². The van der Waals surface area contributed by atoms with Crippen LogP contribution in [0.4, 0.5) is 0 Å². The molecule has 0 saturated heterocycles. The standard InChI is InChI=1S/C54H93NO3/c1-3-5-7-9-11-13-14-15-16-17-18-19-20-21-22-23-24-25-26-27-28-29-30-31-32-33-34-35-36-37-38-39-40-42-44-46-48-50-54(58)55-52(51-56)53(57)49-47-45-43-41-12-10-8-6-4-2/h5,7,11,13,15-16,18-19,21-22,24-25,27-28,30-31,52-53,56-57H,3-4,6,8-10,12,14,17,20,23,26,29,32-51H2,1-2H3,(H,55,58)/b7-5-,13-11-,16-15-,19-18-,22-21-,25-24-,28-27-,31-30-. The summed E-state index contributed by atoms with van der Waals surface area (Å²) in [6.07, 6.45) is 72.3. The summed E-state index contributed by atoms with van der Waals surface area (Å²) < 4.78 is 0. The minimum absolute atomic E-state index is 0.0400. The maximum atomic E-state index is 12.4. The summed E-state index contributed by atoms with van der Waals surface area (Å²) in [5.74, 6) is -0.0400. The smallest absolute Gasteiger partial charge is 0.220 e. The summed E-state index contributed by atoms with van der Waals surface area (Å²) in [5, 5.41) is 23.1. The molecule has 0 aliphatic heterocycles. The van der Waals surface area contributed by atoms with Gasteiger partial charge in [-0.25, -0.2) is 0 Å². The fraction of sp³-hybridized carbons (Fsp3) is 0.685. The summed E-state index contributed by atoms with van der Waals surface area (Å²) in [6.45, 7) is 4.21. The van der Waals surface area contributed by atoms with Gasteiger partial charge < -0.3 is 15.5 Å². The van der Waals surface area contributed by atoms with E-state index in [0.29, 0.717) is 12.8 Å². The second-order valence-corrected chi connectivity index (χ2v) is 16.2. The van der Waals surface area contributed by atoms with E-state index >= 15 is 0 Å². The van der Waals surface area contributed by atoms with E-state index in [-0.39, 0.29) is 12.5 Å². The van der Waals surface area contributed by atoms with Gasteiger partial charge in [0.2, 0.25) is 5.91 Å². The van der Waals surface area contributed by atoms with Gasteiger partial charge in [0.15, 0.2) is 0 Å². The largest absolute Gasteiger partial charge is 0.394 e. The van der Waals surface area contributed by atoms with Crippen LogP contribution in [-0.4, -0.2) is 34.9 Å². The highest BCUT2D eigenvalue weighted by molar-refractivity contribution is 5.76. The van der Waals surface area contributed by atoms with E-state index in [1.165, 1.54) is 116 Å². The van der Waals surface area contributed by atoms with Crippen LogP contribution < -0.4 is 5.32 Å². The Hall–Kier alpha value is -2.69. The van der Waals surface area contributed by atoms with Crippen LogP contribution in [0.5, 0.6) is 0 Å². The number of rotatable bonds is 43. The lowest BCUT2D eigenvalue weighted by Crippen LogP contribution is -2.45. The first-order valence-corrected chi connectivity index (χ1v) is 24.4. The van der Waals surface area contributed by atoms with E-state index in [0.717, 1.165) is 77.0 Å². The molecule has 3 N–H and O–H groups in total. The Kier molecular flexibility index (Phi) is 46.4. The summed E-state index contributed by atoms with van der Waals surface area (Å²) in [7, 11) is 0. The molecule has 332 valence electrons. The Bertz CT molecular complexity index is 1090. The molecule has 0 aliphatic carbocycles. The lowest BCUT2D eigenvalue weighted by Gasteiger charge is -2.22. The normalized spacial score (nSPS) is 13.8. The first kappa shape index (κ1) is 55.3. The minimum Gasteiger partial charge on any atom is -0.394 e. The van der Waals surface area contributed by atoms with Crippen LogP contribution in [0.15, 0.2) is 97.2 Å². The molecular formula is C54H93NO3. The highest BCUT2D eigenvalue weighted by Gasteiger charge is 2.20. The van der Waals surface area contributed by atoms with Crippen molar-refractivity contribution in [2.75, 3.05) is 6.61 Å². The number of hydrogen-bond donors (Lipinski definition) is 3. The number of nitrogens with one attached hydrogen (secondary N) is 1. The predicted molar refractivity (Wildman–Crippen MR) is 257 cm³/mol. The van der Waals surface area contributed by atoms with Gasteiger partial charge in [0.25, 0.3) is 0 Å². The fourth-order valence-electron chi connectivity index (χ4n) is 6.90. The molecule has 0 spiro atoms. The van der Waals surface area contributed by atoms with Crippen molar-refractivity contribution in [2.24, 2.45) is 0 Å². The van der Waals surface area contributed by atoms with Crippen LogP contribution in [0.1, 0.15) is 219 Å². The van der Waals surface area contributed by atoms with Crippen molar-refractivity contribution in [2.45, 2.75) is 231 Å². The molecular weight excluding hydrogens is 711 g/mol. The quantitative estimate of drug-likeness (QED) is 0.0425. The number of hydrogen-bond acceptors (Lipinski definition) is 3. The molecule has 4 heteroatoms. The summed E-state index contributed by atoms with van der Waals surface area (Å²) in [5.41, 5.74) is 0. The van der Waals surface area contributed by atoms with Gasteiger partial charge in [0.05, 0.1) is 18.8 Å². The van der Waals surface area contributed by atoms with Gasteiger partial charge >= 0.3 is 0 Å². The zero-order chi connectivity index (χ0) is 42.1. The Morgan fingerprint density at radius 3 is 1.14 bits per heavy atom. The Morgan fingerprint density at radius 2 is 0.759 bits per heavy atom.